The first kappa shape index (κ1) is 16.5. The summed E-state index contributed by atoms with van der Waals surface area (Å²) in [4.78, 5) is 14.0. The first-order valence-electron chi connectivity index (χ1n) is 8.11. The van der Waals surface area contributed by atoms with E-state index >= 15 is 0 Å². The smallest absolute Gasteiger partial charge is 0.227 e. The topological polar surface area (TPSA) is 20.3 Å². The van der Waals surface area contributed by atoms with Gasteiger partial charge in [0, 0.05) is 24.0 Å². The van der Waals surface area contributed by atoms with Crippen LogP contribution in [0.25, 0.3) is 0 Å². The molecule has 2 rings (SSSR count). The van der Waals surface area contributed by atoms with Crippen LogP contribution >= 0.6 is 15.9 Å². The van der Waals surface area contributed by atoms with Crippen LogP contribution in [-0.2, 0) is 11.2 Å². The zero-order valence-corrected chi connectivity index (χ0v) is 14.9. The molecule has 1 atom stereocenters. The van der Waals surface area contributed by atoms with E-state index in [9.17, 15) is 4.79 Å². The summed E-state index contributed by atoms with van der Waals surface area (Å²) >= 11 is 3.93. The number of fused-ring (bicyclic) bond motifs is 1. The fourth-order valence-corrected chi connectivity index (χ4v) is 4.11. The van der Waals surface area contributed by atoms with Crippen molar-refractivity contribution < 1.29 is 4.79 Å². The fraction of sp³-hybridized carbons (Fsp3) is 0.611. The molecule has 0 saturated carbocycles. The van der Waals surface area contributed by atoms with E-state index in [0.717, 1.165) is 12.1 Å². The lowest BCUT2D eigenvalue weighted by atomic mass is 9.89. The lowest BCUT2D eigenvalue weighted by Crippen LogP contribution is -2.31. The van der Waals surface area contributed by atoms with Crippen LogP contribution in [0, 0.1) is 5.92 Å². The Morgan fingerprint density at radius 3 is 2.48 bits per heavy atom. The van der Waals surface area contributed by atoms with E-state index in [4.69, 9.17) is 0 Å². The Kier molecular flexibility index (Phi) is 5.86. The lowest BCUT2D eigenvalue weighted by molar-refractivity contribution is -0.118. The molecule has 0 fully saturated rings. The minimum Gasteiger partial charge on any atom is -0.315 e. The molecule has 2 nitrogen and oxygen atoms in total. The van der Waals surface area contributed by atoms with Gasteiger partial charge in [0.05, 0.1) is 0 Å². The lowest BCUT2D eigenvalue weighted by Gasteiger charge is -2.28. The largest absolute Gasteiger partial charge is 0.315 e. The van der Waals surface area contributed by atoms with Crippen molar-refractivity contribution in [1.29, 1.82) is 0 Å². The minimum atomic E-state index is 0.223. The number of carbonyl (C=O) groups is 1. The van der Waals surface area contributed by atoms with Crippen LogP contribution in [0.3, 0.4) is 0 Å². The van der Waals surface area contributed by atoms with Gasteiger partial charge in [-0.25, -0.2) is 0 Å². The third kappa shape index (κ3) is 3.68. The summed E-state index contributed by atoms with van der Waals surface area (Å²) in [6.45, 7) is 4.52. The highest BCUT2D eigenvalue weighted by atomic mass is 79.9. The van der Waals surface area contributed by atoms with E-state index in [1.54, 1.807) is 4.90 Å². The molecule has 21 heavy (non-hydrogen) atoms. The van der Waals surface area contributed by atoms with Gasteiger partial charge in [-0.15, -0.1) is 0 Å². The Morgan fingerprint density at radius 2 is 1.86 bits per heavy atom. The molecule has 1 amide bonds. The number of aryl methyl sites for hydroxylation is 1. The minimum absolute atomic E-state index is 0.223. The van der Waals surface area contributed by atoms with Gasteiger partial charge in [0.15, 0.2) is 0 Å². The predicted molar refractivity (Wildman–Crippen MR) is 93.1 cm³/mol. The molecule has 3 heteroatoms. The monoisotopic (exact) mass is 351 g/mol. The maximum Gasteiger partial charge on any atom is 0.227 e. The molecular formula is C18H26BrNO. The summed E-state index contributed by atoms with van der Waals surface area (Å²) < 4.78 is 0. The zero-order valence-electron chi connectivity index (χ0n) is 13.4. The van der Waals surface area contributed by atoms with Crippen LogP contribution in [0.15, 0.2) is 18.2 Å². The summed E-state index contributed by atoms with van der Waals surface area (Å²) in [7, 11) is 1.88. The van der Waals surface area contributed by atoms with Crippen molar-refractivity contribution in [2.24, 2.45) is 5.92 Å². The number of halogens is 1. The second kappa shape index (κ2) is 7.44. The van der Waals surface area contributed by atoms with Gasteiger partial charge in [-0.2, -0.15) is 0 Å². The van der Waals surface area contributed by atoms with Crippen molar-refractivity contribution in [2.75, 3.05) is 11.9 Å². The number of carbonyl (C=O) groups excluding carboxylic acids is 1. The molecule has 1 heterocycles. The SMILES string of the molecule is CCCC(CCC)C(Br)c1ccc2c(c1)CCC(=O)N2C. The summed E-state index contributed by atoms with van der Waals surface area (Å²) in [6.07, 6.45) is 6.49. The van der Waals surface area contributed by atoms with E-state index in [2.05, 4.69) is 48.0 Å². The summed E-state index contributed by atoms with van der Waals surface area (Å²) in [5, 5.41) is 0. The van der Waals surface area contributed by atoms with Crippen LogP contribution in [0.2, 0.25) is 0 Å². The van der Waals surface area contributed by atoms with Gasteiger partial charge in [-0.3, -0.25) is 4.79 Å². The van der Waals surface area contributed by atoms with Crippen LogP contribution in [0.1, 0.15) is 61.9 Å². The third-order valence-electron chi connectivity index (χ3n) is 4.50. The maximum atomic E-state index is 11.8. The fourth-order valence-electron chi connectivity index (χ4n) is 3.30. The van der Waals surface area contributed by atoms with Crippen molar-refractivity contribution in [1.82, 2.24) is 0 Å². The highest BCUT2D eigenvalue weighted by molar-refractivity contribution is 9.09. The van der Waals surface area contributed by atoms with Crippen LogP contribution in [0.4, 0.5) is 5.69 Å². The normalized spacial score (nSPS) is 16.2. The molecule has 1 aromatic carbocycles. The van der Waals surface area contributed by atoms with E-state index in [1.807, 2.05) is 7.05 Å². The van der Waals surface area contributed by atoms with Gasteiger partial charge < -0.3 is 4.90 Å². The highest BCUT2D eigenvalue weighted by Crippen LogP contribution is 2.39. The number of rotatable bonds is 6. The Labute approximate surface area is 137 Å². The molecule has 1 aliphatic heterocycles. The van der Waals surface area contributed by atoms with Gasteiger partial charge in [0.2, 0.25) is 5.91 Å². The van der Waals surface area contributed by atoms with E-state index < -0.39 is 0 Å². The molecule has 1 aliphatic rings. The molecule has 1 aromatic rings. The van der Waals surface area contributed by atoms with Crippen molar-refractivity contribution in [3.05, 3.63) is 29.3 Å². The average Bonchev–Trinajstić information content (AvgIpc) is 2.50. The number of alkyl halides is 1. The number of hydrogen-bond acceptors (Lipinski definition) is 1. The van der Waals surface area contributed by atoms with Crippen LogP contribution < -0.4 is 4.90 Å². The van der Waals surface area contributed by atoms with Crippen molar-refractivity contribution in [2.45, 2.75) is 57.2 Å². The predicted octanol–water partition coefficient (Wildman–Crippen LogP) is 5.25. The van der Waals surface area contributed by atoms with Crippen LogP contribution in [0.5, 0.6) is 0 Å². The van der Waals surface area contributed by atoms with Crippen molar-refractivity contribution >= 4 is 27.5 Å². The standard InChI is InChI=1S/C18H26BrNO/c1-4-6-13(7-5-2)18(19)15-8-10-16-14(12-15)9-11-17(21)20(16)3/h8,10,12-13,18H,4-7,9,11H2,1-3H3. The molecule has 0 radical (unpaired) electrons. The first-order valence-corrected chi connectivity index (χ1v) is 9.03. The molecule has 0 aliphatic carbocycles. The molecule has 0 bridgehead atoms. The number of hydrogen-bond donors (Lipinski definition) is 0. The first-order chi connectivity index (χ1) is 10.1. The maximum absolute atomic E-state index is 11.8. The number of anilines is 1. The Balaban J connectivity index is 2.23. The third-order valence-corrected chi connectivity index (χ3v) is 5.77. The summed E-state index contributed by atoms with van der Waals surface area (Å²) in [6, 6.07) is 6.60. The van der Waals surface area contributed by atoms with Gasteiger partial charge in [-0.1, -0.05) is 54.8 Å². The number of benzene rings is 1. The Bertz CT molecular complexity index is 494. The molecule has 0 spiro atoms. The highest BCUT2D eigenvalue weighted by Gasteiger charge is 2.24. The van der Waals surface area contributed by atoms with Gasteiger partial charge in [-0.05, 0) is 42.4 Å². The second-order valence-electron chi connectivity index (χ2n) is 6.08. The Morgan fingerprint density at radius 1 is 1.19 bits per heavy atom. The van der Waals surface area contributed by atoms with Crippen molar-refractivity contribution in [3.63, 3.8) is 0 Å². The quantitative estimate of drug-likeness (QED) is 0.641. The number of amides is 1. The zero-order chi connectivity index (χ0) is 15.4. The van der Waals surface area contributed by atoms with Crippen LogP contribution in [-0.4, -0.2) is 13.0 Å². The Hall–Kier alpha value is -0.830. The van der Waals surface area contributed by atoms with Crippen molar-refractivity contribution in [3.8, 4) is 0 Å². The van der Waals surface area contributed by atoms with E-state index in [-0.39, 0.29) is 5.91 Å². The number of nitrogens with zero attached hydrogens (tertiary/aromatic N) is 1. The van der Waals surface area contributed by atoms with Gasteiger partial charge in [0.25, 0.3) is 0 Å². The summed E-state index contributed by atoms with van der Waals surface area (Å²) in [5.41, 5.74) is 3.76. The molecular weight excluding hydrogens is 326 g/mol. The second-order valence-corrected chi connectivity index (χ2v) is 7.07. The molecule has 0 saturated heterocycles. The van der Waals surface area contributed by atoms with Gasteiger partial charge >= 0.3 is 0 Å². The van der Waals surface area contributed by atoms with E-state index in [0.29, 0.717) is 17.2 Å². The molecule has 1 unspecified atom stereocenters. The molecule has 0 aromatic heterocycles. The van der Waals surface area contributed by atoms with E-state index in [1.165, 1.54) is 36.8 Å². The average molecular weight is 352 g/mol. The molecule has 116 valence electrons. The molecule has 0 N–H and O–H groups in total. The summed E-state index contributed by atoms with van der Waals surface area (Å²) in [5.74, 6) is 0.918. The van der Waals surface area contributed by atoms with Gasteiger partial charge in [0.1, 0.15) is 0 Å².